The molecule has 0 spiro atoms. The van der Waals surface area contributed by atoms with Crippen LogP contribution < -0.4 is 30.7 Å². The molecule has 0 bridgehead atoms. The minimum Gasteiger partial charge on any atom is -0.494 e. The lowest BCUT2D eigenvalue weighted by Crippen LogP contribution is -2.32. The van der Waals surface area contributed by atoms with E-state index >= 15 is 0 Å². The molecule has 70 heavy (non-hydrogen) atoms. The Morgan fingerprint density at radius 3 is 1.41 bits per heavy atom. The number of hydrogen-bond donors (Lipinski definition) is 4. The van der Waals surface area contributed by atoms with E-state index in [1.807, 2.05) is 13.8 Å². The molecule has 16 nitrogen and oxygen atoms in total. The summed E-state index contributed by atoms with van der Waals surface area (Å²) in [5.41, 5.74) is 3.18. The summed E-state index contributed by atoms with van der Waals surface area (Å²) in [4.78, 5) is 79.3. The normalized spacial score (nSPS) is 12.0. The molecule has 0 saturated heterocycles. The Kier molecular flexibility index (Phi) is 20.7. The van der Waals surface area contributed by atoms with Gasteiger partial charge in [-0.25, -0.2) is 0 Å². The van der Waals surface area contributed by atoms with E-state index in [2.05, 4.69) is 41.7 Å². The lowest BCUT2D eigenvalue weighted by molar-refractivity contribution is -0.127. The first-order valence-electron chi connectivity index (χ1n) is 21.6. The van der Waals surface area contributed by atoms with Crippen LogP contribution in [0.4, 0.5) is 34.1 Å². The van der Waals surface area contributed by atoms with Crippen molar-refractivity contribution in [2.24, 2.45) is 20.5 Å². The van der Waals surface area contributed by atoms with Gasteiger partial charge in [0.15, 0.2) is 11.6 Å². The quantitative estimate of drug-likeness (QED) is 0.0279. The second-order valence-corrected chi connectivity index (χ2v) is 16.7. The van der Waals surface area contributed by atoms with Crippen LogP contribution in [0.5, 0.6) is 11.5 Å². The van der Waals surface area contributed by atoms with Gasteiger partial charge in [0.25, 0.3) is 23.6 Å². The Bertz CT molecular complexity index is 2830. The predicted molar refractivity (Wildman–Crippen MR) is 274 cm³/mol. The second kappa shape index (κ2) is 26.5. The van der Waals surface area contributed by atoms with Gasteiger partial charge in [0.2, 0.25) is 12.1 Å². The number of nitrogens with zero attached hydrogens (tertiary/aromatic N) is 4. The highest BCUT2D eigenvalue weighted by Gasteiger charge is 2.27. The molecule has 4 amide bonds. The van der Waals surface area contributed by atoms with Gasteiger partial charge in [0, 0.05) is 51.5 Å². The van der Waals surface area contributed by atoms with Gasteiger partial charge in [-0.05, 0) is 113 Å². The van der Waals surface area contributed by atoms with Gasteiger partial charge in [-0.1, -0.05) is 47.5 Å². The zero-order valence-electron chi connectivity index (χ0n) is 38.2. The molecule has 0 aliphatic heterocycles. The molecular formula is C49H47Cl5N8O8. The van der Waals surface area contributed by atoms with Crippen LogP contribution in [0.25, 0.3) is 0 Å². The smallest absolute Gasteiger partial charge is 0.258 e. The molecule has 2 atom stereocenters. The number of anilines is 4. The number of halogens is 5. The van der Waals surface area contributed by atoms with Crippen molar-refractivity contribution in [3.05, 3.63) is 129 Å². The largest absolute Gasteiger partial charge is 0.494 e. The number of Topliss-reactive ketones (excluding diaryl/α,β-unsaturated/α-hetero) is 2. The van der Waals surface area contributed by atoms with E-state index in [0.29, 0.717) is 65.6 Å². The average Bonchev–Trinajstić information content (AvgIpc) is 3.32. The highest BCUT2D eigenvalue weighted by Crippen LogP contribution is 2.34. The fourth-order valence-corrected chi connectivity index (χ4v) is 7.87. The zero-order valence-corrected chi connectivity index (χ0v) is 42.0. The van der Waals surface area contributed by atoms with Crippen LogP contribution in [-0.2, 0) is 37.9 Å². The summed E-state index contributed by atoms with van der Waals surface area (Å²) in [6.07, 6.45) is 0.853. The van der Waals surface area contributed by atoms with Crippen LogP contribution in [0.3, 0.4) is 0 Å². The van der Waals surface area contributed by atoms with E-state index < -0.39 is 47.3 Å². The summed E-state index contributed by atoms with van der Waals surface area (Å²) in [6, 6.07) is 20.4. The van der Waals surface area contributed by atoms with Crippen molar-refractivity contribution in [2.45, 2.75) is 58.5 Å². The van der Waals surface area contributed by atoms with Crippen molar-refractivity contribution >= 4 is 127 Å². The molecule has 0 saturated carbocycles. The monoisotopic (exact) mass is 1050 g/mol. The summed E-state index contributed by atoms with van der Waals surface area (Å²) in [7, 11) is 0. The van der Waals surface area contributed by atoms with E-state index in [1.165, 1.54) is 54.6 Å². The van der Waals surface area contributed by atoms with Gasteiger partial charge in [-0.15, -0.1) is 34.8 Å². The molecule has 0 fully saturated rings. The number of benzene rings is 5. The topological polar surface area (TPSA) is 218 Å². The Balaban J connectivity index is 1.27. The van der Waals surface area contributed by atoms with Gasteiger partial charge in [0.05, 0.1) is 34.4 Å². The molecule has 0 radical (unpaired) electrons. The van der Waals surface area contributed by atoms with E-state index in [9.17, 15) is 28.8 Å². The maximum Gasteiger partial charge on any atom is 0.258 e. The minimum absolute atomic E-state index is 0.0133. The van der Waals surface area contributed by atoms with Crippen LogP contribution in [0.15, 0.2) is 111 Å². The lowest BCUT2D eigenvalue weighted by atomic mass is 10.1. The third-order valence-electron chi connectivity index (χ3n) is 10.1. The number of hydrogen-bond acceptors (Lipinski definition) is 12. The van der Waals surface area contributed by atoms with Gasteiger partial charge < -0.3 is 30.7 Å². The molecule has 5 aromatic rings. The summed E-state index contributed by atoms with van der Waals surface area (Å²) in [6.45, 7) is 6.82. The number of carbonyl (C=O) groups is 6. The van der Waals surface area contributed by atoms with Crippen molar-refractivity contribution in [3.8, 4) is 11.5 Å². The highest BCUT2D eigenvalue weighted by molar-refractivity contribution is 6.37. The second-order valence-electron chi connectivity index (χ2n) is 14.9. The summed E-state index contributed by atoms with van der Waals surface area (Å²) in [5.74, 6) is -2.59. The van der Waals surface area contributed by atoms with E-state index in [-0.39, 0.29) is 61.6 Å². The van der Waals surface area contributed by atoms with Crippen molar-refractivity contribution in [2.75, 3.05) is 46.2 Å². The number of nitrogens with one attached hydrogen (secondary N) is 4. The van der Waals surface area contributed by atoms with Gasteiger partial charge in [0.1, 0.15) is 22.9 Å². The van der Waals surface area contributed by atoms with Crippen LogP contribution in [-0.4, -0.2) is 72.3 Å². The van der Waals surface area contributed by atoms with Crippen molar-refractivity contribution < 1.29 is 38.2 Å². The number of carbonyl (C=O) groups excluding carboxylic acids is 6. The fourth-order valence-electron chi connectivity index (χ4n) is 6.77. The first-order valence-corrected chi connectivity index (χ1v) is 24.0. The number of alkyl halides is 3. The SMILES string of the molecule is CCOc1cccc(NC(=O)c2cccc(N=NC(C(C)=O)C(=O)Nc3ccc(NC(=O)C(N=Nc4cccc(C(=O)Nc5cccc(OCC)c5CCCl)c4Cl)C(C)=O)c(CCl)c3)c2Cl)c1CCCl. The van der Waals surface area contributed by atoms with Gasteiger partial charge in [-0.2, -0.15) is 20.5 Å². The number of amides is 4. The molecule has 0 aromatic heterocycles. The maximum atomic E-state index is 13.5. The molecule has 366 valence electrons. The highest BCUT2D eigenvalue weighted by atomic mass is 35.5. The minimum atomic E-state index is -1.65. The standard InChI is InChI=1S/C49H47Cl5N8O8/c1-5-69-40-17-9-13-36(31(40)21-23-50)57-46(65)33-11-7-15-38(42(33)53)59-61-44(27(3)63)48(67)55-30-19-20-35(29(25-30)26-52)56-49(68)45(28(4)64)62-60-39-16-8-12-34(43(39)54)47(66)58-37-14-10-18-41(70-6-2)32(37)22-24-51/h7-20,25,44-45H,5-6,21-24,26H2,1-4H3,(H,55,67)(H,56,68)(H,57,65)(H,58,66). The Hall–Kier alpha value is -6.43. The van der Waals surface area contributed by atoms with Crippen LogP contribution in [0.1, 0.15) is 65.1 Å². The third kappa shape index (κ3) is 14.1. The summed E-state index contributed by atoms with van der Waals surface area (Å²) < 4.78 is 11.4. The van der Waals surface area contributed by atoms with Gasteiger partial charge >= 0.3 is 0 Å². The Morgan fingerprint density at radius 1 is 0.557 bits per heavy atom. The molecule has 0 aliphatic carbocycles. The molecule has 0 heterocycles. The van der Waals surface area contributed by atoms with Crippen molar-refractivity contribution in [1.82, 2.24) is 0 Å². The first kappa shape index (κ1) is 54.5. The molecule has 0 aliphatic rings. The molecule has 5 aromatic carbocycles. The first-order chi connectivity index (χ1) is 33.6. The summed E-state index contributed by atoms with van der Waals surface area (Å²) in [5, 5.41) is 26.8. The Morgan fingerprint density at radius 2 is 1.00 bits per heavy atom. The molecule has 5 rings (SSSR count). The maximum absolute atomic E-state index is 13.5. The van der Waals surface area contributed by atoms with Gasteiger partial charge in [-0.3, -0.25) is 28.8 Å². The van der Waals surface area contributed by atoms with E-state index in [0.717, 1.165) is 13.8 Å². The van der Waals surface area contributed by atoms with Crippen molar-refractivity contribution in [1.29, 1.82) is 0 Å². The molecule has 2 unspecified atom stereocenters. The van der Waals surface area contributed by atoms with Crippen LogP contribution >= 0.6 is 58.0 Å². The fraction of sp³-hybridized carbons (Fsp3) is 0.265. The number of rotatable bonds is 23. The molecule has 4 N–H and O–H groups in total. The van der Waals surface area contributed by atoms with E-state index in [1.54, 1.807) is 36.4 Å². The Labute approximate surface area is 428 Å². The molecule has 21 heteroatoms. The molecular weight excluding hydrogens is 1010 g/mol. The van der Waals surface area contributed by atoms with Crippen LogP contribution in [0, 0.1) is 0 Å². The predicted octanol–water partition coefficient (Wildman–Crippen LogP) is 12.0. The zero-order chi connectivity index (χ0) is 50.9. The number of azo groups is 2. The lowest BCUT2D eigenvalue weighted by Gasteiger charge is -2.16. The number of ketones is 2. The third-order valence-corrected chi connectivity index (χ3v) is 11.6. The van der Waals surface area contributed by atoms with Crippen LogP contribution in [0.2, 0.25) is 10.0 Å². The average molecular weight is 1050 g/mol. The van der Waals surface area contributed by atoms with E-state index in [4.69, 9.17) is 67.5 Å². The number of ether oxygens (including phenoxy) is 2. The van der Waals surface area contributed by atoms with Crippen molar-refractivity contribution in [3.63, 3.8) is 0 Å². The summed E-state index contributed by atoms with van der Waals surface area (Å²) >= 11 is 31.6.